The molecule has 1 amide bonds. The molecule has 0 aromatic heterocycles. The van der Waals surface area contributed by atoms with E-state index in [-0.39, 0.29) is 24.2 Å². The van der Waals surface area contributed by atoms with E-state index in [1.807, 2.05) is 6.07 Å². The normalized spacial score (nSPS) is 34.2. The Balaban J connectivity index is 1.05. The molecule has 4 aliphatic heterocycles. The van der Waals surface area contributed by atoms with Crippen molar-refractivity contribution in [3.8, 4) is 6.07 Å². The molecule has 5 fully saturated rings. The lowest BCUT2D eigenvalue weighted by Crippen LogP contribution is -2.50. The van der Waals surface area contributed by atoms with Crippen molar-refractivity contribution in [2.75, 3.05) is 44.3 Å². The molecule has 2 N–H and O–H groups in total. The second-order valence-electron chi connectivity index (χ2n) is 10.7. The Hall–Kier alpha value is -2.21. The highest BCUT2D eigenvalue weighted by molar-refractivity contribution is 5.83. The van der Waals surface area contributed by atoms with Gasteiger partial charge in [-0.05, 0) is 54.7 Å². The van der Waals surface area contributed by atoms with Gasteiger partial charge >= 0.3 is 0 Å². The Morgan fingerprint density at radius 2 is 2.00 bits per heavy atom. The maximum absolute atomic E-state index is 15.0. The van der Waals surface area contributed by atoms with E-state index in [9.17, 15) is 14.4 Å². The quantitative estimate of drug-likeness (QED) is 0.676. The third-order valence-electron chi connectivity index (χ3n) is 8.59. The summed E-state index contributed by atoms with van der Waals surface area (Å²) < 4.78 is 20.3. The van der Waals surface area contributed by atoms with Crippen molar-refractivity contribution < 1.29 is 13.9 Å². The topological polar surface area (TPSA) is 80.6 Å². The maximum Gasteiger partial charge on any atom is 0.238 e. The fourth-order valence-corrected chi connectivity index (χ4v) is 6.63. The molecule has 1 saturated carbocycles. The first kappa shape index (κ1) is 21.3. The largest absolute Gasteiger partial charge is 0.378 e. The molecular weight excluding hydrogens is 421 g/mol. The Morgan fingerprint density at radius 3 is 2.58 bits per heavy atom. The van der Waals surface area contributed by atoms with Crippen LogP contribution in [0.4, 0.5) is 10.1 Å². The fourth-order valence-electron chi connectivity index (χ4n) is 6.63. The number of nitriles is 1. The number of benzene rings is 1. The number of nitrogens with one attached hydrogen (secondary N) is 2. The first-order valence-corrected chi connectivity index (χ1v) is 12.4. The Bertz CT molecular complexity index is 949. The minimum Gasteiger partial charge on any atom is -0.378 e. The van der Waals surface area contributed by atoms with Crippen LogP contribution in [-0.4, -0.2) is 74.4 Å². The molecule has 2 bridgehead atoms. The predicted octanol–water partition coefficient (Wildman–Crippen LogP) is 1.28. The molecule has 4 unspecified atom stereocenters. The van der Waals surface area contributed by atoms with Gasteiger partial charge in [0.05, 0.1) is 31.4 Å². The number of hydrogen-bond donors (Lipinski definition) is 2. The summed E-state index contributed by atoms with van der Waals surface area (Å²) in [5.41, 5.74) is 1.38. The number of piperidine rings is 1. The fraction of sp³-hybridized carbons (Fsp3) is 0.680. The van der Waals surface area contributed by atoms with E-state index in [0.717, 1.165) is 64.3 Å². The monoisotopic (exact) mass is 453 g/mol. The summed E-state index contributed by atoms with van der Waals surface area (Å²) in [4.78, 5) is 17.5. The van der Waals surface area contributed by atoms with Gasteiger partial charge < -0.3 is 20.3 Å². The van der Waals surface area contributed by atoms with E-state index in [1.54, 1.807) is 12.1 Å². The predicted molar refractivity (Wildman–Crippen MR) is 121 cm³/mol. The van der Waals surface area contributed by atoms with Gasteiger partial charge in [0.25, 0.3) is 0 Å². The van der Waals surface area contributed by atoms with Gasteiger partial charge in [0, 0.05) is 44.3 Å². The average Bonchev–Trinajstić information content (AvgIpc) is 3.53. The van der Waals surface area contributed by atoms with Crippen molar-refractivity contribution >= 4 is 11.6 Å². The van der Waals surface area contributed by atoms with Gasteiger partial charge in [-0.1, -0.05) is 6.07 Å². The van der Waals surface area contributed by atoms with Gasteiger partial charge in [0.1, 0.15) is 11.9 Å². The van der Waals surface area contributed by atoms with Crippen LogP contribution in [0.1, 0.15) is 24.8 Å². The van der Waals surface area contributed by atoms with Gasteiger partial charge in [-0.25, -0.2) is 4.39 Å². The van der Waals surface area contributed by atoms with Crippen molar-refractivity contribution in [1.29, 1.82) is 5.26 Å². The molecule has 4 saturated heterocycles. The number of ether oxygens (including phenoxy) is 1. The van der Waals surface area contributed by atoms with Crippen molar-refractivity contribution in [3.63, 3.8) is 0 Å². The Morgan fingerprint density at radius 1 is 1.21 bits per heavy atom. The summed E-state index contributed by atoms with van der Waals surface area (Å²) in [7, 11) is 0. The van der Waals surface area contributed by atoms with Crippen LogP contribution in [0.15, 0.2) is 18.2 Å². The number of rotatable bonds is 6. The molecule has 1 aromatic rings. The van der Waals surface area contributed by atoms with Crippen LogP contribution in [0.3, 0.4) is 0 Å². The van der Waals surface area contributed by atoms with Gasteiger partial charge in [-0.2, -0.15) is 5.26 Å². The second kappa shape index (κ2) is 8.53. The minimum absolute atomic E-state index is 0.128. The van der Waals surface area contributed by atoms with Crippen molar-refractivity contribution in [2.45, 2.75) is 49.9 Å². The molecule has 4 heterocycles. The first-order chi connectivity index (χ1) is 16.1. The van der Waals surface area contributed by atoms with E-state index in [0.29, 0.717) is 35.4 Å². The average molecular weight is 454 g/mol. The number of hydrogen-bond acceptors (Lipinski definition) is 6. The van der Waals surface area contributed by atoms with Gasteiger partial charge in [0.15, 0.2) is 0 Å². The van der Waals surface area contributed by atoms with Crippen LogP contribution in [0.2, 0.25) is 0 Å². The van der Waals surface area contributed by atoms with E-state index in [2.05, 4.69) is 26.5 Å². The van der Waals surface area contributed by atoms with Crippen LogP contribution >= 0.6 is 0 Å². The number of amides is 1. The highest BCUT2D eigenvalue weighted by Gasteiger charge is 2.44. The summed E-state index contributed by atoms with van der Waals surface area (Å²) in [6.07, 6.45) is 3.41. The van der Waals surface area contributed by atoms with Crippen LogP contribution in [0.25, 0.3) is 0 Å². The third kappa shape index (κ3) is 4.01. The molecule has 7 nitrogen and oxygen atoms in total. The summed E-state index contributed by atoms with van der Waals surface area (Å²) in [5, 5.41) is 15.8. The molecule has 0 spiro atoms. The zero-order valence-corrected chi connectivity index (χ0v) is 18.9. The minimum atomic E-state index is -0.730. The van der Waals surface area contributed by atoms with Crippen LogP contribution in [0.5, 0.6) is 0 Å². The number of anilines is 1. The first-order valence-electron chi connectivity index (χ1n) is 12.4. The number of carbonyl (C=O) groups excluding carboxylic acids is 1. The van der Waals surface area contributed by atoms with E-state index >= 15 is 0 Å². The van der Waals surface area contributed by atoms with Crippen LogP contribution < -0.4 is 15.5 Å². The molecular formula is C25H32FN5O2. The number of nitrogens with zero attached hydrogens (tertiary/aromatic N) is 3. The van der Waals surface area contributed by atoms with Crippen molar-refractivity contribution in [1.82, 2.24) is 15.5 Å². The zero-order chi connectivity index (χ0) is 22.5. The Kier molecular flexibility index (Phi) is 5.52. The smallest absolute Gasteiger partial charge is 0.238 e. The van der Waals surface area contributed by atoms with E-state index in [4.69, 9.17) is 4.74 Å². The standard InChI is InChI=1S/C25H32FN5O2/c26-23-7-21(30-9-17-11-31(12-18(17)10-30)22-13-33-14-22)4-2-15(23)5-20(8-27)29-25(32)24-16-1-3-19(6-16)28-24/h2,4,7,16-20,22,24,28H,1,3,5-6,9-14H2,(H,29,32)/t16?,17?,18?,19?,20-,24-/m0/s1. The number of halogens is 1. The van der Waals surface area contributed by atoms with Gasteiger partial charge in [-0.15, -0.1) is 0 Å². The molecule has 0 radical (unpaired) electrons. The highest BCUT2D eigenvalue weighted by atomic mass is 19.1. The second-order valence-corrected chi connectivity index (χ2v) is 10.7. The summed E-state index contributed by atoms with van der Waals surface area (Å²) in [6, 6.07) is 7.56. The lowest BCUT2D eigenvalue weighted by atomic mass is 9.98. The summed E-state index contributed by atoms with van der Waals surface area (Å²) in [5.74, 6) is 1.19. The molecule has 5 aliphatic rings. The molecule has 6 atom stereocenters. The lowest BCUT2D eigenvalue weighted by Gasteiger charge is -2.35. The summed E-state index contributed by atoms with van der Waals surface area (Å²) in [6.45, 7) is 5.85. The number of carbonyl (C=O) groups is 1. The maximum atomic E-state index is 15.0. The lowest BCUT2D eigenvalue weighted by molar-refractivity contribution is -0.124. The molecule has 6 rings (SSSR count). The molecule has 1 aliphatic carbocycles. The number of fused-ring (bicyclic) bond motifs is 3. The Labute approximate surface area is 194 Å². The van der Waals surface area contributed by atoms with E-state index < -0.39 is 6.04 Å². The highest BCUT2D eigenvalue weighted by Crippen LogP contribution is 2.37. The zero-order valence-electron chi connectivity index (χ0n) is 18.9. The van der Waals surface area contributed by atoms with Crippen LogP contribution in [-0.2, 0) is 16.0 Å². The summed E-state index contributed by atoms with van der Waals surface area (Å²) >= 11 is 0. The molecule has 176 valence electrons. The van der Waals surface area contributed by atoms with Crippen molar-refractivity contribution in [3.05, 3.63) is 29.6 Å². The van der Waals surface area contributed by atoms with E-state index in [1.165, 1.54) is 0 Å². The number of likely N-dealkylation sites (tertiary alicyclic amines) is 1. The third-order valence-corrected chi connectivity index (χ3v) is 8.59. The van der Waals surface area contributed by atoms with Crippen molar-refractivity contribution in [2.24, 2.45) is 17.8 Å². The molecule has 1 aromatic carbocycles. The van der Waals surface area contributed by atoms with Gasteiger partial charge in [0.2, 0.25) is 5.91 Å². The molecule has 33 heavy (non-hydrogen) atoms. The van der Waals surface area contributed by atoms with Crippen LogP contribution in [0, 0.1) is 34.9 Å². The molecule has 8 heteroatoms. The SMILES string of the molecule is N#C[C@H](Cc1ccc(N2CC3CN(C4COC4)CC3C2)cc1F)NC(=O)[C@H]1NC2CCC1C2. The van der Waals surface area contributed by atoms with Gasteiger partial charge in [-0.3, -0.25) is 9.69 Å².